The summed E-state index contributed by atoms with van der Waals surface area (Å²) in [5, 5.41) is 19.4. The highest BCUT2D eigenvalue weighted by Gasteiger charge is 2.33. The first-order valence-corrected chi connectivity index (χ1v) is 7.24. The van der Waals surface area contributed by atoms with Gasteiger partial charge in [-0.05, 0) is 18.9 Å². The number of aromatic nitrogens is 2. The van der Waals surface area contributed by atoms with Crippen LogP contribution in [0.15, 0.2) is 30.7 Å². The van der Waals surface area contributed by atoms with E-state index >= 15 is 0 Å². The number of halogens is 1. The molecule has 0 saturated carbocycles. The molecule has 6 nitrogen and oxygen atoms in total. The molecule has 1 aliphatic heterocycles. The standard InChI is InChI=1S/C15H14ClN3O3/c16-10-6-9(13(20)7-14(10)21)15(22)19-5-1-2-12(19)11-8-17-3-4-18-11/h3-4,6-8,12,20-21H,1-2,5H2/t12-/m1/s1. The number of phenolic OH excluding ortho intramolecular Hbond substituents is 2. The molecule has 0 spiro atoms. The summed E-state index contributed by atoms with van der Waals surface area (Å²) < 4.78 is 0. The lowest BCUT2D eigenvalue weighted by molar-refractivity contribution is 0.0729. The minimum atomic E-state index is -0.340. The Morgan fingerprint density at radius 1 is 1.27 bits per heavy atom. The van der Waals surface area contributed by atoms with E-state index in [1.54, 1.807) is 23.5 Å². The molecule has 2 aromatic rings. The first kappa shape index (κ1) is 14.6. The van der Waals surface area contributed by atoms with E-state index in [0.717, 1.165) is 24.6 Å². The minimum Gasteiger partial charge on any atom is -0.507 e. The molecule has 1 aromatic heterocycles. The van der Waals surface area contributed by atoms with E-state index in [-0.39, 0.29) is 34.0 Å². The molecule has 2 heterocycles. The van der Waals surface area contributed by atoms with Crippen LogP contribution < -0.4 is 0 Å². The van der Waals surface area contributed by atoms with Gasteiger partial charge in [-0.3, -0.25) is 14.8 Å². The Morgan fingerprint density at radius 2 is 2.09 bits per heavy atom. The zero-order chi connectivity index (χ0) is 15.7. The van der Waals surface area contributed by atoms with Crippen LogP contribution in [0.3, 0.4) is 0 Å². The topological polar surface area (TPSA) is 86.5 Å². The second-order valence-corrected chi connectivity index (χ2v) is 5.51. The number of hydrogen-bond donors (Lipinski definition) is 2. The number of aromatic hydroxyl groups is 2. The number of nitrogens with zero attached hydrogens (tertiary/aromatic N) is 3. The third-order valence-corrected chi connectivity index (χ3v) is 4.04. The molecule has 7 heteroatoms. The van der Waals surface area contributed by atoms with E-state index < -0.39 is 0 Å². The maximum Gasteiger partial charge on any atom is 0.258 e. The maximum atomic E-state index is 12.7. The van der Waals surface area contributed by atoms with Crippen molar-refractivity contribution in [2.45, 2.75) is 18.9 Å². The molecule has 1 aromatic carbocycles. The second-order valence-electron chi connectivity index (χ2n) is 5.11. The van der Waals surface area contributed by atoms with Gasteiger partial charge >= 0.3 is 0 Å². The molecule has 22 heavy (non-hydrogen) atoms. The van der Waals surface area contributed by atoms with Crippen molar-refractivity contribution in [1.29, 1.82) is 0 Å². The van der Waals surface area contributed by atoms with Gasteiger partial charge < -0.3 is 15.1 Å². The molecule has 0 radical (unpaired) electrons. The zero-order valence-corrected chi connectivity index (χ0v) is 12.4. The van der Waals surface area contributed by atoms with E-state index in [1.165, 1.54) is 6.07 Å². The molecule has 1 aliphatic rings. The van der Waals surface area contributed by atoms with Crippen LogP contribution >= 0.6 is 11.6 Å². The maximum absolute atomic E-state index is 12.7. The number of likely N-dealkylation sites (tertiary alicyclic amines) is 1. The lowest BCUT2D eigenvalue weighted by Gasteiger charge is -2.24. The van der Waals surface area contributed by atoms with Crippen molar-refractivity contribution in [3.63, 3.8) is 0 Å². The van der Waals surface area contributed by atoms with Crippen LogP contribution in [0.1, 0.15) is 34.9 Å². The van der Waals surface area contributed by atoms with Crippen molar-refractivity contribution < 1.29 is 15.0 Å². The van der Waals surface area contributed by atoms with Gasteiger partial charge in [-0.15, -0.1) is 0 Å². The van der Waals surface area contributed by atoms with Crippen LogP contribution in [0.5, 0.6) is 11.5 Å². The Kier molecular flexibility index (Phi) is 3.85. The first-order chi connectivity index (χ1) is 10.6. The molecule has 3 rings (SSSR count). The number of carbonyl (C=O) groups is 1. The third-order valence-electron chi connectivity index (χ3n) is 3.73. The van der Waals surface area contributed by atoms with Crippen molar-refractivity contribution in [3.05, 3.63) is 47.0 Å². The summed E-state index contributed by atoms with van der Waals surface area (Å²) >= 11 is 5.84. The van der Waals surface area contributed by atoms with Gasteiger partial charge in [0.2, 0.25) is 0 Å². The van der Waals surface area contributed by atoms with Gasteiger partial charge in [0.15, 0.2) is 0 Å². The molecule has 1 amide bonds. The van der Waals surface area contributed by atoms with Gasteiger partial charge in [0, 0.05) is 25.0 Å². The number of hydrogen-bond acceptors (Lipinski definition) is 5. The van der Waals surface area contributed by atoms with Gasteiger partial charge in [0.05, 0.1) is 28.5 Å². The molecule has 114 valence electrons. The predicted molar refractivity (Wildman–Crippen MR) is 79.8 cm³/mol. The smallest absolute Gasteiger partial charge is 0.258 e. The summed E-state index contributed by atoms with van der Waals surface area (Å²) in [6.07, 6.45) is 6.44. The minimum absolute atomic E-state index is 0.0244. The van der Waals surface area contributed by atoms with E-state index in [2.05, 4.69) is 9.97 Å². The molecular formula is C15H14ClN3O3. The van der Waals surface area contributed by atoms with E-state index in [0.29, 0.717) is 6.54 Å². The van der Waals surface area contributed by atoms with Crippen LogP contribution in [0.2, 0.25) is 5.02 Å². The van der Waals surface area contributed by atoms with Gasteiger partial charge in [-0.2, -0.15) is 0 Å². The number of carbonyl (C=O) groups excluding carboxylic acids is 1. The highest BCUT2D eigenvalue weighted by molar-refractivity contribution is 6.32. The Morgan fingerprint density at radius 3 is 2.82 bits per heavy atom. The van der Waals surface area contributed by atoms with Gasteiger partial charge in [-0.25, -0.2) is 0 Å². The fourth-order valence-electron chi connectivity index (χ4n) is 2.68. The number of phenols is 2. The number of rotatable bonds is 2. The highest BCUT2D eigenvalue weighted by atomic mass is 35.5. The van der Waals surface area contributed by atoms with Crippen molar-refractivity contribution in [2.75, 3.05) is 6.54 Å². The summed E-state index contributed by atoms with van der Waals surface area (Å²) in [6.45, 7) is 0.567. The normalized spacial score (nSPS) is 17.7. The van der Waals surface area contributed by atoms with Gasteiger partial charge in [0.25, 0.3) is 5.91 Å². The first-order valence-electron chi connectivity index (χ1n) is 6.86. The van der Waals surface area contributed by atoms with Gasteiger partial charge in [-0.1, -0.05) is 11.6 Å². The van der Waals surface area contributed by atoms with Crippen LogP contribution in [-0.2, 0) is 0 Å². The predicted octanol–water partition coefficient (Wildman–Crippen LogP) is 2.52. The summed E-state index contributed by atoms with van der Waals surface area (Å²) in [5.74, 6) is -0.896. The van der Waals surface area contributed by atoms with Crippen molar-refractivity contribution in [2.24, 2.45) is 0 Å². The molecule has 1 saturated heterocycles. The fourth-order valence-corrected chi connectivity index (χ4v) is 2.84. The lowest BCUT2D eigenvalue weighted by atomic mass is 10.1. The monoisotopic (exact) mass is 319 g/mol. The van der Waals surface area contributed by atoms with E-state index in [9.17, 15) is 15.0 Å². The average Bonchev–Trinajstić information content (AvgIpc) is 3.00. The molecule has 1 atom stereocenters. The molecule has 1 fully saturated rings. The molecule has 0 aliphatic carbocycles. The highest BCUT2D eigenvalue weighted by Crippen LogP contribution is 2.36. The quantitative estimate of drug-likeness (QED) is 0.888. The second kappa shape index (κ2) is 5.81. The zero-order valence-electron chi connectivity index (χ0n) is 11.6. The number of amides is 1. The van der Waals surface area contributed by atoms with Crippen molar-refractivity contribution >= 4 is 17.5 Å². The summed E-state index contributed by atoms with van der Waals surface area (Å²) in [5.41, 5.74) is 0.788. The Balaban J connectivity index is 1.93. The van der Waals surface area contributed by atoms with Crippen LogP contribution in [-0.4, -0.2) is 37.5 Å². The molecule has 2 N–H and O–H groups in total. The SMILES string of the molecule is O=C(c1cc(Cl)c(O)cc1O)N1CCC[C@@H]1c1cnccn1. The Labute approximate surface area is 132 Å². The van der Waals surface area contributed by atoms with Crippen LogP contribution in [0.4, 0.5) is 0 Å². The molecular weight excluding hydrogens is 306 g/mol. The lowest BCUT2D eigenvalue weighted by Crippen LogP contribution is -2.31. The summed E-state index contributed by atoms with van der Waals surface area (Å²) in [7, 11) is 0. The molecule has 0 unspecified atom stereocenters. The van der Waals surface area contributed by atoms with Crippen molar-refractivity contribution in [1.82, 2.24) is 14.9 Å². The number of benzene rings is 1. The van der Waals surface area contributed by atoms with E-state index in [4.69, 9.17) is 11.6 Å². The van der Waals surface area contributed by atoms with Crippen LogP contribution in [0.25, 0.3) is 0 Å². The average molecular weight is 320 g/mol. The Bertz CT molecular complexity index is 709. The van der Waals surface area contributed by atoms with Crippen molar-refractivity contribution in [3.8, 4) is 11.5 Å². The third kappa shape index (κ3) is 2.57. The summed E-state index contributed by atoms with van der Waals surface area (Å²) in [4.78, 5) is 22.6. The van der Waals surface area contributed by atoms with Crippen LogP contribution in [0, 0.1) is 0 Å². The van der Waals surface area contributed by atoms with Gasteiger partial charge in [0.1, 0.15) is 11.5 Å². The van der Waals surface area contributed by atoms with E-state index in [1.807, 2.05) is 0 Å². The molecule has 0 bridgehead atoms. The summed E-state index contributed by atoms with van der Waals surface area (Å²) in [6, 6.07) is 2.18. The largest absolute Gasteiger partial charge is 0.507 e. The fraction of sp³-hybridized carbons (Fsp3) is 0.267. The Hall–Kier alpha value is -2.34.